The summed E-state index contributed by atoms with van der Waals surface area (Å²) in [5.74, 6) is 0.182. The maximum absolute atomic E-state index is 12.1. The van der Waals surface area contributed by atoms with Gasteiger partial charge in [-0.15, -0.1) is 0 Å². The summed E-state index contributed by atoms with van der Waals surface area (Å²) >= 11 is 0. The van der Waals surface area contributed by atoms with Crippen molar-refractivity contribution in [2.75, 3.05) is 6.54 Å². The Morgan fingerprint density at radius 1 is 1.26 bits per heavy atom. The quantitative estimate of drug-likeness (QED) is 0.697. The lowest BCUT2D eigenvalue weighted by Gasteiger charge is -2.30. The Hall–Kier alpha value is -2.30. The molecule has 0 amide bonds. The largest absolute Gasteiger partial charge is 0.342 e. The maximum atomic E-state index is 12.1. The van der Waals surface area contributed by atoms with Crippen LogP contribution in [0.1, 0.15) is 32.5 Å². The smallest absolute Gasteiger partial charge is 0.149 e. The van der Waals surface area contributed by atoms with Gasteiger partial charge in [0.15, 0.2) is 0 Å². The highest BCUT2D eigenvalue weighted by molar-refractivity contribution is 6.16. The Morgan fingerprint density at radius 2 is 1.96 bits per heavy atom. The molecule has 0 bridgehead atoms. The number of benzene rings is 1. The summed E-state index contributed by atoms with van der Waals surface area (Å²) in [6.45, 7) is 4.43. The van der Waals surface area contributed by atoms with E-state index in [0.717, 1.165) is 16.9 Å². The number of aliphatic imine (C=N–C) groups is 1. The van der Waals surface area contributed by atoms with Gasteiger partial charge in [0.1, 0.15) is 23.3 Å². The number of nitrogens with zero attached hydrogens (tertiary/aromatic N) is 2. The first-order valence-corrected chi connectivity index (χ1v) is 7.94. The summed E-state index contributed by atoms with van der Waals surface area (Å²) in [4.78, 5) is 36.2. The van der Waals surface area contributed by atoms with E-state index in [9.17, 15) is 9.59 Å². The predicted octanol–water partition coefficient (Wildman–Crippen LogP) is 2.75. The number of imidazole rings is 1. The summed E-state index contributed by atoms with van der Waals surface area (Å²) in [5, 5.41) is 0. The number of carbonyl (C=O) groups is 2. The highest BCUT2D eigenvalue weighted by Gasteiger charge is 2.38. The Morgan fingerprint density at radius 3 is 2.65 bits per heavy atom. The van der Waals surface area contributed by atoms with Gasteiger partial charge in [0.25, 0.3) is 0 Å². The van der Waals surface area contributed by atoms with Crippen LogP contribution in [-0.2, 0) is 16.0 Å². The molecule has 23 heavy (non-hydrogen) atoms. The Balaban J connectivity index is 1.58. The fourth-order valence-electron chi connectivity index (χ4n) is 3.05. The van der Waals surface area contributed by atoms with Crippen molar-refractivity contribution in [2.24, 2.45) is 16.3 Å². The van der Waals surface area contributed by atoms with Crippen LogP contribution in [0.5, 0.6) is 0 Å². The molecule has 5 nitrogen and oxygen atoms in total. The monoisotopic (exact) mass is 311 g/mol. The number of ketones is 2. The lowest BCUT2D eigenvalue weighted by molar-refractivity contribution is -0.136. The van der Waals surface area contributed by atoms with Crippen LogP contribution in [0, 0.1) is 11.3 Å². The summed E-state index contributed by atoms with van der Waals surface area (Å²) in [6, 6.07) is 7.85. The fourth-order valence-corrected chi connectivity index (χ4v) is 3.05. The predicted molar refractivity (Wildman–Crippen MR) is 89.7 cm³/mol. The molecule has 1 aromatic carbocycles. The maximum Gasteiger partial charge on any atom is 0.149 e. The van der Waals surface area contributed by atoms with Gasteiger partial charge in [0, 0.05) is 32.0 Å². The molecular weight excluding hydrogens is 290 g/mol. The van der Waals surface area contributed by atoms with Crippen LogP contribution >= 0.6 is 0 Å². The average molecular weight is 311 g/mol. The van der Waals surface area contributed by atoms with E-state index in [0.29, 0.717) is 25.8 Å². The van der Waals surface area contributed by atoms with Gasteiger partial charge in [0.2, 0.25) is 0 Å². The van der Waals surface area contributed by atoms with Crippen LogP contribution in [0.3, 0.4) is 0 Å². The van der Waals surface area contributed by atoms with Gasteiger partial charge in [-0.1, -0.05) is 26.0 Å². The number of para-hydroxylation sites is 2. The minimum absolute atomic E-state index is 0.0151. The second kappa shape index (κ2) is 6.07. The van der Waals surface area contributed by atoms with Crippen LogP contribution in [0.4, 0.5) is 0 Å². The molecule has 120 valence electrons. The SMILES string of the molecule is CC1(C)CC(=O)C(C=NCCc2nc3ccccc3[nH]2)C(=O)C1. The van der Waals surface area contributed by atoms with Gasteiger partial charge in [-0.2, -0.15) is 0 Å². The highest BCUT2D eigenvalue weighted by Crippen LogP contribution is 2.33. The molecule has 1 fully saturated rings. The summed E-state index contributed by atoms with van der Waals surface area (Å²) in [5.41, 5.74) is 1.73. The third-order valence-electron chi connectivity index (χ3n) is 4.17. The van der Waals surface area contributed by atoms with Crippen LogP contribution in [0.2, 0.25) is 0 Å². The number of carbonyl (C=O) groups excluding carboxylic acids is 2. The minimum atomic E-state index is -0.654. The summed E-state index contributed by atoms with van der Waals surface area (Å²) < 4.78 is 0. The van der Waals surface area contributed by atoms with Crippen molar-refractivity contribution in [2.45, 2.75) is 33.1 Å². The van der Waals surface area contributed by atoms with Gasteiger partial charge >= 0.3 is 0 Å². The molecule has 0 radical (unpaired) electrons. The first-order chi connectivity index (χ1) is 10.9. The Bertz CT molecular complexity index is 720. The van der Waals surface area contributed by atoms with Crippen molar-refractivity contribution in [1.29, 1.82) is 0 Å². The molecule has 1 aliphatic carbocycles. The van der Waals surface area contributed by atoms with E-state index < -0.39 is 5.92 Å². The normalized spacial score (nSPS) is 19.0. The van der Waals surface area contributed by atoms with E-state index in [1.54, 1.807) is 0 Å². The number of rotatable bonds is 4. The number of Topliss-reactive ketones (excluding diaryl/α,β-unsaturated/α-hetero) is 2. The van der Waals surface area contributed by atoms with Crippen LogP contribution in [0.15, 0.2) is 29.3 Å². The number of hydrogen-bond acceptors (Lipinski definition) is 4. The van der Waals surface area contributed by atoms with Crippen LogP contribution in [0.25, 0.3) is 11.0 Å². The van der Waals surface area contributed by atoms with E-state index in [1.165, 1.54) is 6.21 Å². The zero-order chi connectivity index (χ0) is 16.4. The van der Waals surface area contributed by atoms with Gasteiger partial charge in [-0.05, 0) is 17.5 Å². The van der Waals surface area contributed by atoms with Gasteiger partial charge < -0.3 is 4.98 Å². The number of nitrogens with one attached hydrogen (secondary N) is 1. The van der Waals surface area contributed by atoms with E-state index >= 15 is 0 Å². The lowest BCUT2D eigenvalue weighted by Crippen LogP contribution is -2.38. The van der Waals surface area contributed by atoms with Gasteiger partial charge in [-0.3, -0.25) is 14.6 Å². The average Bonchev–Trinajstić information content (AvgIpc) is 2.87. The van der Waals surface area contributed by atoms with Gasteiger partial charge in [-0.25, -0.2) is 4.98 Å². The molecule has 0 unspecified atom stereocenters. The third kappa shape index (κ3) is 3.55. The van der Waals surface area contributed by atoms with E-state index in [1.807, 2.05) is 38.1 Å². The van der Waals surface area contributed by atoms with Crippen LogP contribution < -0.4 is 0 Å². The zero-order valence-corrected chi connectivity index (χ0v) is 13.5. The molecule has 5 heteroatoms. The molecule has 1 aromatic heterocycles. The van der Waals surface area contributed by atoms with Crippen molar-refractivity contribution in [3.05, 3.63) is 30.1 Å². The molecule has 1 aliphatic rings. The van der Waals surface area contributed by atoms with E-state index in [4.69, 9.17) is 0 Å². The number of hydrogen-bond donors (Lipinski definition) is 1. The molecule has 0 atom stereocenters. The first kappa shape index (κ1) is 15.6. The summed E-state index contributed by atoms with van der Waals surface area (Å²) in [7, 11) is 0. The zero-order valence-electron chi connectivity index (χ0n) is 13.5. The van der Waals surface area contributed by atoms with Gasteiger partial charge in [0.05, 0.1) is 11.0 Å². The lowest BCUT2D eigenvalue weighted by atomic mass is 9.72. The van der Waals surface area contributed by atoms with Crippen LogP contribution in [-0.4, -0.2) is 34.3 Å². The number of H-pyrrole nitrogens is 1. The molecule has 1 saturated carbocycles. The molecule has 2 aromatic rings. The van der Waals surface area contributed by atoms with E-state index in [2.05, 4.69) is 15.0 Å². The van der Waals surface area contributed by atoms with E-state index in [-0.39, 0.29) is 17.0 Å². The Kier molecular flexibility index (Phi) is 4.11. The first-order valence-electron chi connectivity index (χ1n) is 7.94. The molecular formula is C18H21N3O2. The van der Waals surface area contributed by atoms with Crippen molar-refractivity contribution < 1.29 is 9.59 Å². The molecule has 0 saturated heterocycles. The molecule has 3 rings (SSSR count). The van der Waals surface area contributed by atoms with Crippen molar-refractivity contribution in [1.82, 2.24) is 9.97 Å². The molecule has 0 spiro atoms. The second-order valence-corrected chi connectivity index (χ2v) is 6.93. The third-order valence-corrected chi connectivity index (χ3v) is 4.17. The standard InChI is InChI=1S/C18H21N3O2/c1-18(2)9-15(22)12(16(23)10-18)11-19-8-7-17-20-13-5-3-4-6-14(13)21-17/h3-6,11-12H,7-10H2,1-2H3,(H,20,21). The Labute approximate surface area is 135 Å². The molecule has 1 N–H and O–H groups in total. The topological polar surface area (TPSA) is 75.2 Å². The highest BCUT2D eigenvalue weighted by atomic mass is 16.2. The molecule has 0 aliphatic heterocycles. The summed E-state index contributed by atoms with van der Waals surface area (Å²) in [6.07, 6.45) is 3.08. The van der Waals surface area contributed by atoms with Crippen molar-refractivity contribution >= 4 is 28.8 Å². The number of aromatic amines is 1. The second-order valence-electron chi connectivity index (χ2n) is 6.93. The fraction of sp³-hybridized carbons (Fsp3) is 0.444. The number of fused-ring (bicyclic) bond motifs is 1. The number of aromatic nitrogens is 2. The van der Waals surface area contributed by atoms with Crippen molar-refractivity contribution in [3.63, 3.8) is 0 Å². The minimum Gasteiger partial charge on any atom is -0.342 e. The van der Waals surface area contributed by atoms with Crippen molar-refractivity contribution in [3.8, 4) is 0 Å². The molecule has 1 heterocycles.